The van der Waals surface area contributed by atoms with Crippen LogP contribution in [0.15, 0.2) is 192 Å². The van der Waals surface area contributed by atoms with Crippen LogP contribution in [0.4, 0.5) is 0 Å². The van der Waals surface area contributed by atoms with Crippen LogP contribution in [0.5, 0.6) is 0 Å². The molecular formula is C66H68Cl3N9O19. The van der Waals surface area contributed by atoms with Crippen LogP contribution < -0.4 is 33.4 Å². The molecule has 28 nitrogen and oxygen atoms in total. The smallest absolute Gasteiger partial charge is 0.374 e. The summed E-state index contributed by atoms with van der Waals surface area (Å²) in [5, 5.41) is 58.7. The number of benzene rings is 6. The molecule has 6 aromatic carbocycles. The second kappa shape index (κ2) is 37.2. The minimum atomic E-state index is -1.73. The van der Waals surface area contributed by atoms with Crippen molar-refractivity contribution in [3.63, 3.8) is 0 Å². The fraction of sp³-hybridized carbons (Fsp3) is 0.227. The first-order valence-electron chi connectivity index (χ1n) is 29.2. The van der Waals surface area contributed by atoms with Crippen molar-refractivity contribution in [1.29, 1.82) is 0 Å². The summed E-state index contributed by atoms with van der Waals surface area (Å²) in [5.41, 5.74) is 11.6. The first-order valence-corrected chi connectivity index (χ1v) is 30.3. The highest BCUT2D eigenvalue weighted by atomic mass is 35.5. The highest BCUT2D eigenvalue weighted by Crippen LogP contribution is 2.26. The number of nitrogens with zero attached hydrogens (tertiary/aromatic N) is 3. The topological polar surface area (TPSA) is 420 Å². The molecule has 31 heteroatoms. The number of amides is 2. The Balaban J connectivity index is 0.000000217. The molecule has 0 bridgehead atoms. The maximum Gasteiger partial charge on any atom is 0.374 e. The van der Waals surface area contributed by atoms with Crippen LogP contribution in [0.25, 0.3) is 33.4 Å². The number of halogens is 3. The molecule has 3 heterocycles. The number of carbonyl (C=O) groups excluding carboxylic acids is 4. The third kappa shape index (κ3) is 25.8. The van der Waals surface area contributed by atoms with E-state index in [0.717, 1.165) is 68.3 Å². The zero-order valence-electron chi connectivity index (χ0n) is 52.2. The lowest BCUT2D eigenvalue weighted by Crippen LogP contribution is -2.47. The first-order chi connectivity index (χ1) is 46.1. The average molecular weight is 1400 g/mol. The Morgan fingerprint density at radius 3 is 1.06 bits per heavy atom. The van der Waals surface area contributed by atoms with Gasteiger partial charge in [0.05, 0.1) is 50.0 Å². The quantitative estimate of drug-likeness (QED) is 0.0152. The summed E-state index contributed by atoms with van der Waals surface area (Å²) >= 11 is 18.1. The molecule has 0 fully saturated rings. The zero-order chi connectivity index (χ0) is 70.9. The van der Waals surface area contributed by atoms with Crippen LogP contribution in [0.1, 0.15) is 76.0 Å². The predicted octanol–water partition coefficient (Wildman–Crippen LogP) is 7.29. The molecule has 2 amide bonds. The van der Waals surface area contributed by atoms with E-state index < -0.39 is 76.8 Å². The van der Waals surface area contributed by atoms with Crippen LogP contribution in [0.2, 0.25) is 15.1 Å². The van der Waals surface area contributed by atoms with E-state index in [9.17, 15) is 58.5 Å². The van der Waals surface area contributed by atoms with Crippen molar-refractivity contribution in [2.75, 3.05) is 19.6 Å². The molecule has 0 unspecified atom stereocenters. The summed E-state index contributed by atoms with van der Waals surface area (Å²) in [4.78, 5) is 102. The van der Waals surface area contributed by atoms with E-state index >= 15 is 0 Å². The molecule has 0 spiro atoms. The number of hydrogen-bond acceptors (Lipinski definition) is 21. The summed E-state index contributed by atoms with van der Waals surface area (Å²) in [6.07, 6.45) is -5.17. The number of esters is 2. The molecule has 0 saturated heterocycles. The fourth-order valence-corrected chi connectivity index (χ4v) is 9.09. The number of carboxylic acid groups (broad SMARTS) is 2. The molecule has 9 aromatic rings. The second-order valence-electron chi connectivity index (χ2n) is 21.6. The van der Waals surface area contributed by atoms with Crippen molar-refractivity contribution in [2.45, 2.75) is 77.8 Å². The average Bonchev–Trinajstić information content (AvgIpc) is 1.95. The summed E-state index contributed by atoms with van der Waals surface area (Å²) in [5.74, 6) is -0.632. The number of carbonyl (C=O) groups is 6. The number of nitrogens with one attached hydrogen (secondary N) is 5. The van der Waals surface area contributed by atoms with Gasteiger partial charge in [-0.3, -0.25) is 40.7 Å². The van der Waals surface area contributed by atoms with Gasteiger partial charge in [-0.2, -0.15) is 15.5 Å². The van der Waals surface area contributed by atoms with E-state index in [2.05, 4.69) is 15.4 Å². The van der Waals surface area contributed by atoms with Gasteiger partial charge in [0, 0.05) is 34.7 Å². The molecule has 0 saturated carbocycles. The molecular weight excluding hydrogens is 1330 g/mol. The maximum atomic E-state index is 12.4. The van der Waals surface area contributed by atoms with Crippen LogP contribution in [-0.4, -0.2) is 142 Å². The lowest BCUT2D eigenvalue weighted by atomic mass is 10.0. The van der Waals surface area contributed by atoms with Gasteiger partial charge in [0.1, 0.15) is 0 Å². The van der Waals surface area contributed by atoms with Gasteiger partial charge in [0.25, 0.3) is 16.7 Å². The minimum absolute atomic E-state index is 0.00159. The van der Waals surface area contributed by atoms with Crippen LogP contribution >= 0.6 is 34.8 Å². The Kier molecular flexibility index (Phi) is 29.0. The second-order valence-corrected chi connectivity index (χ2v) is 22.9. The Labute approximate surface area is 567 Å². The summed E-state index contributed by atoms with van der Waals surface area (Å²) < 4.78 is 23.7. The number of aliphatic hydroxyl groups excluding tert-OH is 3. The van der Waals surface area contributed by atoms with Crippen molar-refractivity contribution < 1.29 is 77.3 Å². The number of aromatic amines is 3. The number of aliphatic carboxylic acids is 1. The number of carboxylic acids is 2. The number of nitrogens with two attached hydrogens (primary N) is 1. The fourth-order valence-electron chi connectivity index (χ4n) is 8.52. The Morgan fingerprint density at radius 2 is 0.773 bits per heavy atom. The molecule has 3 atom stereocenters. The van der Waals surface area contributed by atoms with Gasteiger partial charge in [-0.05, 0) is 114 Å². The third-order valence-corrected chi connectivity index (χ3v) is 13.6. The first kappa shape index (κ1) is 75.8. The molecule has 97 heavy (non-hydrogen) atoms. The van der Waals surface area contributed by atoms with E-state index in [4.69, 9.17) is 69.4 Å². The number of aromatic carboxylic acids is 1. The zero-order valence-corrected chi connectivity index (χ0v) is 54.5. The van der Waals surface area contributed by atoms with E-state index in [-0.39, 0.29) is 56.1 Å². The van der Waals surface area contributed by atoms with E-state index in [1.807, 2.05) is 137 Å². The van der Waals surface area contributed by atoms with Gasteiger partial charge >= 0.3 is 35.7 Å². The number of ether oxygens (including phenoxy) is 2. The van der Waals surface area contributed by atoms with Gasteiger partial charge in [0.15, 0.2) is 18.3 Å². The van der Waals surface area contributed by atoms with E-state index in [1.165, 1.54) is 15.0 Å². The van der Waals surface area contributed by atoms with E-state index in [0.29, 0.717) is 21.6 Å². The third-order valence-electron chi connectivity index (χ3n) is 12.9. The standard InChI is InChI=1S/C23H24ClN3O6.C20H18ClN3O6.C19H23ClN2O3.C4H3NO4/c1-14(2)32-23(31)19(28)13-27(25-22(30)20-11-21(29)26-33-20)12-15-6-8-16(9-7-15)17-4-3-5-18(24)10-17;21-15-3-1-2-14(8-15)13-6-4-12(5-7-13)10-24(11-16(25)20(28)29)22-19(27)17-9-18(26)23-30-17;1-13(2)25-19(24)18(23)12-22(21)11-14-6-8-15(9-7-14)16-4-3-5-17(20)10-16;6-3-1-2(4(7)8)9-5-3/h3-11,14,19,28H,12-13H2,1-2H3,(H,25,30)(H,26,29);1-9,16,25H,10-11H2,(H,22,27)(H,23,26)(H,28,29);3-10,13,18,23H,11-12,21H2,1-2H3;1H,(H,5,6)(H,7,8)/t19-;16-;18-;/m000./s1. The lowest BCUT2D eigenvalue weighted by Gasteiger charge is -2.25. The Bertz CT molecular complexity index is 4240. The molecule has 0 aliphatic rings. The largest absolute Gasteiger partial charge is 0.479 e. The molecule has 12 N–H and O–H groups in total. The highest BCUT2D eigenvalue weighted by Gasteiger charge is 2.26. The van der Waals surface area contributed by atoms with Gasteiger partial charge < -0.3 is 48.6 Å². The number of aromatic nitrogens is 3. The summed E-state index contributed by atoms with van der Waals surface area (Å²) in [7, 11) is 0. The van der Waals surface area contributed by atoms with Crippen LogP contribution in [0.3, 0.4) is 0 Å². The van der Waals surface area contributed by atoms with E-state index in [1.54, 1.807) is 52.0 Å². The Morgan fingerprint density at radius 1 is 0.454 bits per heavy atom. The van der Waals surface area contributed by atoms with Crippen molar-refractivity contribution in [1.82, 2.24) is 41.3 Å². The van der Waals surface area contributed by atoms with Gasteiger partial charge in [-0.15, -0.1) is 0 Å². The van der Waals surface area contributed by atoms with Crippen LogP contribution in [-0.2, 0) is 43.5 Å². The van der Waals surface area contributed by atoms with Crippen molar-refractivity contribution >= 4 is 70.5 Å². The molecule has 3 aromatic heterocycles. The normalized spacial score (nSPS) is 11.9. The SMILES string of the molecule is CC(C)OC(=O)[C@@H](O)CN(Cc1ccc(-c2cccc(Cl)c2)cc1)NC(=O)c1cc(=O)[nH]o1.CC(C)OC(=O)[C@@H](O)CN(N)Cc1ccc(-c2cccc(Cl)c2)cc1.O=C(NN(Cc1ccc(-c2cccc(Cl)c2)cc1)C[C@H](O)C(=O)O)c1cc(=O)[nH]o1.O=C(O)c1cc(=O)[nH]o1. The summed E-state index contributed by atoms with van der Waals surface area (Å²) in [6.45, 7) is 6.82. The van der Waals surface area contributed by atoms with Crippen molar-refractivity contribution in [3.05, 3.63) is 244 Å². The van der Waals surface area contributed by atoms with Gasteiger partial charge in [-0.1, -0.05) is 144 Å². The predicted molar refractivity (Wildman–Crippen MR) is 354 cm³/mol. The molecule has 512 valence electrons. The minimum Gasteiger partial charge on any atom is -0.479 e. The van der Waals surface area contributed by atoms with Gasteiger partial charge in [0.2, 0.25) is 17.3 Å². The number of aliphatic hydroxyl groups is 3. The van der Waals surface area contributed by atoms with Gasteiger partial charge in [-0.25, -0.2) is 34.2 Å². The monoisotopic (exact) mass is 1400 g/mol. The molecule has 0 aliphatic carbocycles. The molecule has 0 radical (unpaired) electrons. The highest BCUT2D eigenvalue weighted by molar-refractivity contribution is 6.31. The molecule has 0 aliphatic heterocycles. The number of hydrogen-bond donors (Lipinski definition) is 11. The summed E-state index contributed by atoms with van der Waals surface area (Å²) in [6, 6.07) is 48.0. The number of hydrazine groups is 3. The number of H-pyrrole nitrogens is 3. The Hall–Kier alpha value is -10.2. The van der Waals surface area contributed by atoms with Crippen molar-refractivity contribution in [3.8, 4) is 33.4 Å². The van der Waals surface area contributed by atoms with Crippen LogP contribution in [0, 0.1) is 0 Å². The maximum absolute atomic E-state index is 12.4. The van der Waals surface area contributed by atoms with Crippen molar-refractivity contribution in [2.24, 2.45) is 5.84 Å². The lowest BCUT2D eigenvalue weighted by molar-refractivity contribution is -0.159. The molecule has 9 rings (SSSR count). The number of rotatable bonds is 25.